The van der Waals surface area contributed by atoms with Crippen LogP contribution in [-0.2, 0) is 4.79 Å². The molecule has 19 heavy (non-hydrogen) atoms. The number of rotatable bonds is 3. The first kappa shape index (κ1) is 13.9. The third kappa shape index (κ3) is 2.92. The van der Waals surface area contributed by atoms with Gasteiger partial charge in [-0.3, -0.25) is 9.69 Å². The Labute approximate surface area is 110 Å². The van der Waals surface area contributed by atoms with Crippen molar-refractivity contribution >= 4 is 5.97 Å². The van der Waals surface area contributed by atoms with Gasteiger partial charge in [0.2, 0.25) is 0 Å². The number of carboxylic acids is 1. The normalized spacial score (nSPS) is 24.1. The van der Waals surface area contributed by atoms with E-state index in [0.717, 1.165) is 6.07 Å². The second-order valence-electron chi connectivity index (χ2n) is 5.30. The van der Waals surface area contributed by atoms with Gasteiger partial charge in [0.15, 0.2) is 0 Å². The highest BCUT2D eigenvalue weighted by atomic mass is 19.1. The van der Waals surface area contributed by atoms with Crippen molar-refractivity contribution in [3.63, 3.8) is 0 Å². The van der Waals surface area contributed by atoms with E-state index in [-0.39, 0.29) is 12.0 Å². The molecule has 0 aromatic heterocycles. The number of hydrogen-bond donors (Lipinski definition) is 1. The van der Waals surface area contributed by atoms with Crippen molar-refractivity contribution in [3.05, 3.63) is 35.4 Å². The topological polar surface area (TPSA) is 40.5 Å². The van der Waals surface area contributed by atoms with Crippen molar-refractivity contribution in [2.45, 2.75) is 25.8 Å². The summed E-state index contributed by atoms with van der Waals surface area (Å²) in [6, 6.07) is 3.47. The van der Waals surface area contributed by atoms with E-state index in [2.05, 4.69) is 0 Å². The summed E-state index contributed by atoms with van der Waals surface area (Å²) >= 11 is 0. The Kier molecular flexibility index (Phi) is 3.85. The Hall–Kier alpha value is -1.49. The lowest BCUT2D eigenvalue weighted by Gasteiger charge is -2.20. The van der Waals surface area contributed by atoms with E-state index in [0.29, 0.717) is 18.7 Å². The molecular formula is C14H17F2NO2. The monoisotopic (exact) mass is 269 g/mol. The van der Waals surface area contributed by atoms with Crippen LogP contribution in [0.3, 0.4) is 0 Å². The SMILES string of the molecule is CC(C)N1CC(C(=O)O)C(c2cc(F)cc(F)c2)C1. The molecule has 1 aromatic rings. The summed E-state index contributed by atoms with van der Waals surface area (Å²) in [6.07, 6.45) is 0. The van der Waals surface area contributed by atoms with Crippen LogP contribution in [0.5, 0.6) is 0 Å². The van der Waals surface area contributed by atoms with Crippen molar-refractivity contribution < 1.29 is 18.7 Å². The fraction of sp³-hybridized carbons (Fsp3) is 0.500. The van der Waals surface area contributed by atoms with Gasteiger partial charge in [0, 0.05) is 31.1 Å². The highest BCUT2D eigenvalue weighted by Crippen LogP contribution is 2.34. The summed E-state index contributed by atoms with van der Waals surface area (Å²) in [5.41, 5.74) is 0.424. The van der Waals surface area contributed by atoms with E-state index in [1.165, 1.54) is 12.1 Å². The number of halogens is 2. The van der Waals surface area contributed by atoms with Crippen LogP contribution >= 0.6 is 0 Å². The minimum Gasteiger partial charge on any atom is -0.481 e. The van der Waals surface area contributed by atoms with Crippen molar-refractivity contribution in [2.24, 2.45) is 5.92 Å². The lowest BCUT2D eigenvalue weighted by molar-refractivity contribution is -0.141. The summed E-state index contributed by atoms with van der Waals surface area (Å²) in [6.45, 7) is 4.88. The van der Waals surface area contributed by atoms with Crippen LogP contribution in [0, 0.1) is 17.6 Å². The number of likely N-dealkylation sites (tertiary alicyclic amines) is 1. The van der Waals surface area contributed by atoms with Gasteiger partial charge in [0.1, 0.15) is 11.6 Å². The second kappa shape index (κ2) is 5.25. The molecule has 2 atom stereocenters. The predicted molar refractivity (Wildman–Crippen MR) is 66.9 cm³/mol. The molecule has 0 saturated carbocycles. The van der Waals surface area contributed by atoms with Gasteiger partial charge in [-0.25, -0.2) is 8.78 Å². The van der Waals surface area contributed by atoms with E-state index >= 15 is 0 Å². The molecular weight excluding hydrogens is 252 g/mol. The lowest BCUT2D eigenvalue weighted by Crippen LogP contribution is -2.29. The molecule has 0 bridgehead atoms. The van der Waals surface area contributed by atoms with Crippen LogP contribution in [0.1, 0.15) is 25.3 Å². The average Bonchev–Trinajstić information content (AvgIpc) is 2.72. The Morgan fingerprint density at radius 1 is 1.26 bits per heavy atom. The smallest absolute Gasteiger partial charge is 0.308 e. The number of hydrogen-bond acceptors (Lipinski definition) is 2. The fourth-order valence-electron chi connectivity index (χ4n) is 2.63. The molecule has 0 aliphatic carbocycles. The van der Waals surface area contributed by atoms with Crippen molar-refractivity contribution in [1.82, 2.24) is 4.90 Å². The molecule has 1 saturated heterocycles. The standard InChI is InChI=1S/C14H17F2NO2/c1-8(2)17-6-12(13(7-17)14(18)19)9-3-10(15)5-11(16)4-9/h3-5,8,12-13H,6-7H2,1-2H3,(H,18,19). The molecule has 1 aliphatic heterocycles. The summed E-state index contributed by atoms with van der Waals surface area (Å²) in [7, 11) is 0. The molecule has 0 radical (unpaired) electrons. The van der Waals surface area contributed by atoms with Gasteiger partial charge in [-0.2, -0.15) is 0 Å². The van der Waals surface area contributed by atoms with E-state index < -0.39 is 23.5 Å². The van der Waals surface area contributed by atoms with E-state index in [4.69, 9.17) is 0 Å². The average molecular weight is 269 g/mol. The number of carboxylic acid groups (broad SMARTS) is 1. The zero-order valence-electron chi connectivity index (χ0n) is 10.9. The van der Waals surface area contributed by atoms with Gasteiger partial charge in [-0.05, 0) is 31.5 Å². The summed E-state index contributed by atoms with van der Waals surface area (Å²) in [5, 5.41) is 9.27. The van der Waals surface area contributed by atoms with Crippen LogP contribution < -0.4 is 0 Å². The molecule has 104 valence electrons. The van der Waals surface area contributed by atoms with Crippen LogP contribution in [-0.4, -0.2) is 35.1 Å². The number of nitrogens with zero attached hydrogens (tertiary/aromatic N) is 1. The Morgan fingerprint density at radius 3 is 2.32 bits per heavy atom. The molecule has 2 unspecified atom stereocenters. The zero-order valence-corrected chi connectivity index (χ0v) is 10.9. The maximum Gasteiger partial charge on any atom is 0.308 e. The summed E-state index contributed by atoms with van der Waals surface area (Å²) in [4.78, 5) is 13.3. The van der Waals surface area contributed by atoms with Gasteiger partial charge in [-0.15, -0.1) is 0 Å². The van der Waals surface area contributed by atoms with E-state index in [1.54, 1.807) is 0 Å². The van der Waals surface area contributed by atoms with Crippen LogP contribution in [0.2, 0.25) is 0 Å². The first-order chi connectivity index (χ1) is 8.88. The first-order valence-electron chi connectivity index (χ1n) is 6.31. The number of aliphatic carboxylic acids is 1. The maximum atomic E-state index is 13.3. The molecule has 2 rings (SSSR count). The first-order valence-corrected chi connectivity index (χ1v) is 6.31. The van der Waals surface area contributed by atoms with Gasteiger partial charge in [0.05, 0.1) is 5.92 Å². The summed E-state index contributed by atoms with van der Waals surface area (Å²) < 4.78 is 26.5. The minimum atomic E-state index is -0.919. The van der Waals surface area contributed by atoms with Gasteiger partial charge < -0.3 is 5.11 Å². The summed E-state index contributed by atoms with van der Waals surface area (Å²) in [5.74, 6) is -3.24. The molecule has 1 heterocycles. The number of benzene rings is 1. The third-order valence-electron chi connectivity index (χ3n) is 3.71. The number of carbonyl (C=O) groups is 1. The maximum absolute atomic E-state index is 13.3. The van der Waals surface area contributed by atoms with Crippen LogP contribution in [0.4, 0.5) is 8.78 Å². The second-order valence-corrected chi connectivity index (χ2v) is 5.30. The zero-order chi connectivity index (χ0) is 14.2. The van der Waals surface area contributed by atoms with Crippen molar-refractivity contribution in [1.29, 1.82) is 0 Å². The van der Waals surface area contributed by atoms with Gasteiger partial charge in [-0.1, -0.05) is 0 Å². The van der Waals surface area contributed by atoms with Crippen molar-refractivity contribution in [3.8, 4) is 0 Å². The highest BCUT2D eigenvalue weighted by molar-refractivity contribution is 5.72. The van der Waals surface area contributed by atoms with Crippen LogP contribution in [0.15, 0.2) is 18.2 Å². The Morgan fingerprint density at radius 2 is 1.84 bits per heavy atom. The van der Waals surface area contributed by atoms with Gasteiger partial charge >= 0.3 is 5.97 Å². The molecule has 1 fully saturated rings. The highest BCUT2D eigenvalue weighted by Gasteiger charge is 2.39. The Balaban J connectivity index is 2.32. The molecule has 3 nitrogen and oxygen atoms in total. The molecule has 5 heteroatoms. The molecule has 1 aromatic carbocycles. The van der Waals surface area contributed by atoms with Crippen LogP contribution in [0.25, 0.3) is 0 Å². The molecule has 1 aliphatic rings. The minimum absolute atomic E-state index is 0.213. The van der Waals surface area contributed by atoms with E-state index in [9.17, 15) is 18.7 Å². The Bertz CT molecular complexity index is 470. The third-order valence-corrected chi connectivity index (χ3v) is 3.71. The lowest BCUT2D eigenvalue weighted by atomic mass is 9.89. The fourth-order valence-corrected chi connectivity index (χ4v) is 2.63. The van der Waals surface area contributed by atoms with Crippen molar-refractivity contribution in [2.75, 3.05) is 13.1 Å². The van der Waals surface area contributed by atoms with E-state index in [1.807, 2.05) is 18.7 Å². The largest absolute Gasteiger partial charge is 0.481 e. The molecule has 0 spiro atoms. The molecule has 1 N–H and O–H groups in total. The van der Waals surface area contributed by atoms with Gasteiger partial charge in [0.25, 0.3) is 0 Å². The molecule has 0 amide bonds. The quantitative estimate of drug-likeness (QED) is 0.916. The predicted octanol–water partition coefficient (Wildman–Crippen LogP) is 2.47.